The van der Waals surface area contributed by atoms with E-state index in [0.29, 0.717) is 12.3 Å². The van der Waals surface area contributed by atoms with E-state index in [1.54, 1.807) is 0 Å². The van der Waals surface area contributed by atoms with E-state index in [2.05, 4.69) is 18.7 Å². The summed E-state index contributed by atoms with van der Waals surface area (Å²) in [6, 6.07) is 0. The Morgan fingerprint density at radius 1 is 1.36 bits per heavy atom. The first-order chi connectivity index (χ1) is 6.63. The molecule has 1 saturated heterocycles. The van der Waals surface area contributed by atoms with Crippen molar-refractivity contribution in [2.75, 3.05) is 13.1 Å². The molecule has 0 unspecified atom stereocenters. The number of rotatable bonds is 1. The number of fused-ring (bicyclic) bond motifs is 1. The van der Waals surface area contributed by atoms with Crippen molar-refractivity contribution in [1.29, 1.82) is 0 Å². The zero-order valence-corrected chi connectivity index (χ0v) is 9.49. The van der Waals surface area contributed by atoms with Crippen LogP contribution in [0.3, 0.4) is 0 Å². The second-order valence-corrected chi connectivity index (χ2v) is 5.15. The first kappa shape index (κ1) is 10.0. The number of hydrogen-bond donors (Lipinski definition) is 0. The minimum Gasteiger partial charge on any atom is -0.342 e. The maximum Gasteiger partial charge on any atom is 0.222 e. The lowest BCUT2D eigenvalue weighted by Crippen LogP contribution is -2.30. The van der Waals surface area contributed by atoms with Crippen LogP contribution in [0.25, 0.3) is 0 Å². The predicted molar refractivity (Wildman–Crippen MR) is 56.8 cm³/mol. The van der Waals surface area contributed by atoms with Crippen molar-refractivity contribution in [2.45, 2.75) is 33.6 Å². The van der Waals surface area contributed by atoms with Gasteiger partial charge in [0.15, 0.2) is 0 Å². The summed E-state index contributed by atoms with van der Waals surface area (Å²) in [5.41, 5.74) is 0. The summed E-state index contributed by atoms with van der Waals surface area (Å²) in [5, 5.41) is 0. The quantitative estimate of drug-likeness (QED) is 0.628. The van der Waals surface area contributed by atoms with E-state index < -0.39 is 0 Å². The van der Waals surface area contributed by atoms with Gasteiger partial charge in [0, 0.05) is 19.5 Å². The number of carbonyl (C=O) groups excluding carboxylic acids is 1. The Kier molecular flexibility index (Phi) is 2.54. The van der Waals surface area contributed by atoms with Gasteiger partial charge >= 0.3 is 0 Å². The lowest BCUT2D eigenvalue weighted by atomic mass is 9.91. The molecule has 2 rings (SSSR count). The molecule has 0 bridgehead atoms. The first-order valence-corrected chi connectivity index (χ1v) is 5.91. The van der Waals surface area contributed by atoms with Crippen LogP contribution in [-0.2, 0) is 4.79 Å². The highest BCUT2D eigenvalue weighted by Crippen LogP contribution is 2.45. The molecule has 1 heterocycles. The molecule has 1 aliphatic carbocycles. The average molecular weight is 195 g/mol. The van der Waals surface area contributed by atoms with E-state index in [9.17, 15) is 4.79 Å². The molecule has 1 saturated carbocycles. The Morgan fingerprint density at radius 3 is 2.64 bits per heavy atom. The SMILES string of the molecule is CCC(=O)N1C[C@H]2C[C@@H](C)[C@H](C)[C@H]2C1. The average Bonchev–Trinajstić information content (AvgIpc) is 2.68. The third kappa shape index (κ3) is 1.45. The predicted octanol–water partition coefficient (Wildman–Crippen LogP) is 2.15. The highest BCUT2D eigenvalue weighted by atomic mass is 16.2. The summed E-state index contributed by atoms with van der Waals surface area (Å²) in [6.45, 7) is 8.74. The molecule has 0 aromatic heterocycles. The molecule has 0 radical (unpaired) electrons. The summed E-state index contributed by atoms with van der Waals surface area (Å²) < 4.78 is 0. The van der Waals surface area contributed by atoms with E-state index >= 15 is 0 Å². The molecule has 0 N–H and O–H groups in total. The lowest BCUT2D eigenvalue weighted by molar-refractivity contribution is -0.130. The zero-order chi connectivity index (χ0) is 10.3. The fraction of sp³-hybridized carbons (Fsp3) is 0.917. The molecular weight excluding hydrogens is 174 g/mol. The Bertz CT molecular complexity index is 238. The van der Waals surface area contributed by atoms with Crippen LogP contribution in [0.2, 0.25) is 0 Å². The van der Waals surface area contributed by atoms with Gasteiger partial charge < -0.3 is 4.90 Å². The van der Waals surface area contributed by atoms with Crippen LogP contribution in [0.15, 0.2) is 0 Å². The van der Waals surface area contributed by atoms with E-state index in [4.69, 9.17) is 0 Å². The number of nitrogens with zero attached hydrogens (tertiary/aromatic N) is 1. The van der Waals surface area contributed by atoms with Gasteiger partial charge in [-0.3, -0.25) is 4.79 Å². The Labute approximate surface area is 86.7 Å². The van der Waals surface area contributed by atoms with Gasteiger partial charge in [-0.1, -0.05) is 20.8 Å². The van der Waals surface area contributed by atoms with E-state index in [1.807, 2.05) is 6.92 Å². The smallest absolute Gasteiger partial charge is 0.222 e. The Hall–Kier alpha value is -0.530. The van der Waals surface area contributed by atoms with Crippen molar-refractivity contribution in [3.05, 3.63) is 0 Å². The maximum atomic E-state index is 11.6. The number of amides is 1. The molecule has 2 aliphatic rings. The number of likely N-dealkylation sites (tertiary alicyclic amines) is 1. The molecule has 0 aromatic rings. The van der Waals surface area contributed by atoms with Crippen LogP contribution in [0.5, 0.6) is 0 Å². The minimum atomic E-state index is 0.347. The Morgan fingerprint density at radius 2 is 2.07 bits per heavy atom. The topological polar surface area (TPSA) is 20.3 Å². The molecule has 2 heteroatoms. The van der Waals surface area contributed by atoms with Crippen LogP contribution in [0.4, 0.5) is 0 Å². The third-order valence-corrected chi connectivity index (χ3v) is 4.39. The van der Waals surface area contributed by atoms with Crippen LogP contribution in [-0.4, -0.2) is 23.9 Å². The summed E-state index contributed by atoms with van der Waals surface area (Å²) in [4.78, 5) is 13.6. The van der Waals surface area contributed by atoms with Crippen LogP contribution < -0.4 is 0 Å². The van der Waals surface area contributed by atoms with Gasteiger partial charge in [0.2, 0.25) is 5.91 Å². The van der Waals surface area contributed by atoms with Gasteiger partial charge in [-0.05, 0) is 30.1 Å². The normalized spacial score (nSPS) is 41.5. The highest BCUT2D eigenvalue weighted by Gasteiger charge is 2.44. The van der Waals surface area contributed by atoms with Crippen molar-refractivity contribution >= 4 is 5.91 Å². The van der Waals surface area contributed by atoms with Crippen molar-refractivity contribution in [3.63, 3.8) is 0 Å². The van der Waals surface area contributed by atoms with Gasteiger partial charge in [0.05, 0.1) is 0 Å². The molecule has 2 nitrogen and oxygen atoms in total. The third-order valence-electron chi connectivity index (χ3n) is 4.39. The van der Waals surface area contributed by atoms with Gasteiger partial charge in [0.25, 0.3) is 0 Å². The van der Waals surface area contributed by atoms with E-state index in [-0.39, 0.29) is 0 Å². The number of carbonyl (C=O) groups is 1. The summed E-state index contributed by atoms with van der Waals surface area (Å²) in [5.74, 6) is 3.62. The summed E-state index contributed by atoms with van der Waals surface area (Å²) >= 11 is 0. The summed E-state index contributed by atoms with van der Waals surface area (Å²) in [6.07, 6.45) is 2.00. The van der Waals surface area contributed by atoms with E-state index in [1.165, 1.54) is 6.42 Å². The monoisotopic (exact) mass is 195 g/mol. The fourth-order valence-electron chi connectivity index (χ4n) is 3.28. The molecule has 0 spiro atoms. The standard InChI is InChI=1S/C12H21NO/c1-4-12(14)13-6-10-5-8(2)9(3)11(10)7-13/h8-11H,4-7H2,1-3H3/t8-,9+,10-,11-/m1/s1. The van der Waals surface area contributed by atoms with Gasteiger partial charge in [-0.2, -0.15) is 0 Å². The minimum absolute atomic E-state index is 0.347. The molecule has 14 heavy (non-hydrogen) atoms. The number of hydrogen-bond acceptors (Lipinski definition) is 1. The van der Waals surface area contributed by atoms with Gasteiger partial charge in [0.1, 0.15) is 0 Å². The van der Waals surface area contributed by atoms with Crippen LogP contribution >= 0.6 is 0 Å². The van der Waals surface area contributed by atoms with Gasteiger partial charge in [-0.15, -0.1) is 0 Å². The lowest BCUT2D eigenvalue weighted by Gasteiger charge is -2.20. The Balaban J connectivity index is 2.00. The fourth-order valence-corrected chi connectivity index (χ4v) is 3.28. The largest absolute Gasteiger partial charge is 0.342 e. The molecule has 1 amide bonds. The van der Waals surface area contributed by atoms with Crippen molar-refractivity contribution in [3.8, 4) is 0 Å². The van der Waals surface area contributed by atoms with Crippen molar-refractivity contribution in [1.82, 2.24) is 4.90 Å². The van der Waals surface area contributed by atoms with Crippen molar-refractivity contribution in [2.24, 2.45) is 23.7 Å². The van der Waals surface area contributed by atoms with Crippen LogP contribution in [0.1, 0.15) is 33.6 Å². The molecule has 4 atom stereocenters. The molecule has 80 valence electrons. The maximum absolute atomic E-state index is 11.6. The van der Waals surface area contributed by atoms with Gasteiger partial charge in [-0.25, -0.2) is 0 Å². The zero-order valence-electron chi connectivity index (χ0n) is 9.49. The summed E-state index contributed by atoms with van der Waals surface area (Å²) in [7, 11) is 0. The highest BCUT2D eigenvalue weighted by molar-refractivity contribution is 5.76. The molecule has 1 aliphatic heterocycles. The molecular formula is C12H21NO. The van der Waals surface area contributed by atoms with Crippen LogP contribution in [0, 0.1) is 23.7 Å². The van der Waals surface area contributed by atoms with E-state index in [0.717, 1.165) is 36.8 Å². The molecule has 0 aromatic carbocycles. The first-order valence-electron chi connectivity index (χ1n) is 5.91. The second kappa shape index (κ2) is 3.56. The second-order valence-electron chi connectivity index (χ2n) is 5.15. The van der Waals surface area contributed by atoms with Crippen molar-refractivity contribution < 1.29 is 4.79 Å². The molecule has 2 fully saturated rings.